The molecule has 2 aliphatic heterocycles. The second-order valence-corrected chi connectivity index (χ2v) is 11.3. The first-order valence-electron chi connectivity index (χ1n) is 14.1. The van der Waals surface area contributed by atoms with Crippen LogP contribution >= 0.6 is 11.3 Å². The van der Waals surface area contributed by atoms with Gasteiger partial charge in [-0.3, -0.25) is 4.79 Å². The van der Waals surface area contributed by atoms with Gasteiger partial charge in [-0.1, -0.05) is 12.1 Å². The van der Waals surface area contributed by atoms with Crippen molar-refractivity contribution in [1.82, 2.24) is 19.7 Å². The Hall–Kier alpha value is -2.48. The summed E-state index contributed by atoms with van der Waals surface area (Å²) < 4.78 is 1.20. The van der Waals surface area contributed by atoms with Gasteiger partial charge in [0.05, 0.1) is 21.6 Å². The molecule has 0 bridgehead atoms. The Morgan fingerprint density at radius 3 is 2.62 bits per heavy atom. The lowest BCUT2D eigenvalue weighted by Gasteiger charge is -2.36. The van der Waals surface area contributed by atoms with Gasteiger partial charge in [0.25, 0.3) is 5.91 Å². The summed E-state index contributed by atoms with van der Waals surface area (Å²) in [5, 5.41) is 5.82. The molecule has 0 saturated carbocycles. The van der Waals surface area contributed by atoms with Gasteiger partial charge in [-0.15, -0.1) is 11.3 Å². The van der Waals surface area contributed by atoms with Gasteiger partial charge in [-0.25, -0.2) is 4.98 Å². The molecule has 1 aromatic carbocycles. The van der Waals surface area contributed by atoms with Crippen LogP contribution in [-0.4, -0.2) is 84.0 Å². The van der Waals surface area contributed by atoms with E-state index in [1.54, 1.807) is 11.3 Å². The molecule has 2 fully saturated rings. The molecular formula is C30H41N5OS. The third kappa shape index (κ3) is 6.16. The van der Waals surface area contributed by atoms with Crippen LogP contribution in [-0.2, 0) is 0 Å². The lowest BCUT2D eigenvalue weighted by molar-refractivity contribution is 0.0773. The summed E-state index contributed by atoms with van der Waals surface area (Å²) in [6, 6.07) is 13.0. The maximum absolute atomic E-state index is 12.9. The number of thiophene rings is 1. The van der Waals surface area contributed by atoms with Gasteiger partial charge in [-0.2, -0.15) is 0 Å². The molecule has 37 heavy (non-hydrogen) atoms. The van der Waals surface area contributed by atoms with Crippen molar-refractivity contribution in [3.8, 4) is 11.3 Å². The Labute approximate surface area is 225 Å². The Kier molecular flexibility index (Phi) is 8.74. The maximum Gasteiger partial charge on any atom is 0.253 e. The van der Waals surface area contributed by atoms with E-state index in [9.17, 15) is 4.79 Å². The topological polar surface area (TPSA) is 51.7 Å². The molecule has 7 heteroatoms. The number of rotatable bonds is 10. The highest BCUT2D eigenvalue weighted by molar-refractivity contribution is 7.17. The lowest BCUT2D eigenvalue weighted by Crippen LogP contribution is -2.44. The number of benzene rings is 1. The third-order valence-electron chi connectivity index (χ3n) is 8.05. The minimum Gasteiger partial charge on any atom is -0.384 e. The minimum absolute atomic E-state index is 0.0753. The first-order chi connectivity index (χ1) is 18.2. The fraction of sp³-hybridized carbons (Fsp3) is 0.533. The van der Waals surface area contributed by atoms with Gasteiger partial charge in [0, 0.05) is 36.8 Å². The molecule has 0 spiro atoms. The molecule has 4 heterocycles. The van der Waals surface area contributed by atoms with E-state index in [1.165, 1.54) is 56.6 Å². The van der Waals surface area contributed by atoms with E-state index >= 15 is 0 Å². The molecule has 0 unspecified atom stereocenters. The Balaban J connectivity index is 1.21. The summed E-state index contributed by atoms with van der Waals surface area (Å²) in [6.45, 7) is 12.7. The van der Waals surface area contributed by atoms with E-state index in [1.807, 2.05) is 36.9 Å². The van der Waals surface area contributed by atoms with Crippen LogP contribution in [0.25, 0.3) is 21.5 Å². The van der Waals surface area contributed by atoms with Crippen molar-refractivity contribution < 1.29 is 4.79 Å². The van der Waals surface area contributed by atoms with Crippen molar-refractivity contribution >= 4 is 33.1 Å². The maximum atomic E-state index is 12.9. The standard InChI is InChI=1S/C30H41N5OS/c1-3-34(4-2)30(36)24-10-7-9-23(21-24)27-22-28(29-26(32-27)13-20-37-29)31-14-8-15-33-18-11-25(12-19-33)35-16-5-6-17-35/h7,9-10,13,20-22,25H,3-6,8,11-12,14-19H2,1-2H3,(H,31,32). The number of fused-ring (bicyclic) bond motifs is 1. The van der Waals surface area contributed by atoms with E-state index < -0.39 is 0 Å². The van der Waals surface area contributed by atoms with Crippen LogP contribution in [0.15, 0.2) is 41.8 Å². The Bertz CT molecular complexity index is 1180. The summed E-state index contributed by atoms with van der Waals surface area (Å²) in [7, 11) is 0. The van der Waals surface area contributed by atoms with Crippen LogP contribution in [0, 0.1) is 0 Å². The molecule has 1 amide bonds. The number of pyridine rings is 1. The average Bonchev–Trinajstić information content (AvgIpc) is 3.65. The number of amides is 1. The van der Waals surface area contributed by atoms with Crippen molar-refractivity contribution in [3.05, 3.63) is 47.3 Å². The molecule has 0 atom stereocenters. The summed E-state index contributed by atoms with van der Waals surface area (Å²) >= 11 is 1.73. The monoisotopic (exact) mass is 519 g/mol. The molecule has 3 aromatic rings. The van der Waals surface area contributed by atoms with Crippen molar-refractivity contribution in [2.75, 3.05) is 57.7 Å². The quantitative estimate of drug-likeness (QED) is 0.343. The van der Waals surface area contributed by atoms with E-state index in [0.29, 0.717) is 13.1 Å². The first kappa shape index (κ1) is 26.1. The average molecular weight is 520 g/mol. The zero-order valence-electron chi connectivity index (χ0n) is 22.4. The van der Waals surface area contributed by atoms with E-state index in [4.69, 9.17) is 4.98 Å². The Morgan fingerprint density at radius 2 is 1.86 bits per heavy atom. The van der Waals surface area contributed by atoms with Gasteiger partial charge >= 0.3 is 0 Å². The van der Waals surface area contributed by atoms with E-state index in [-0.39, 0.29) is 5.91 Å². The predicted molar refractivity (Wildman–Crippen MR) is 156 cm³/mol. The number of piperidine rings is 1. The van der Waals surface area contributed by atoms with E-state index in [2.05, 4.69) is 38.7 Å². The number of carbonyl (C=O) groups excluding carboxylic acids is 1. The lowest BCUT2D eigenvalue weighted by atomic mass is 10.0. The van der Waals surface area contributed by atoms with Gasteiger partial charge < -0.3 is 20.0 Å². The molecule has 1 N–H and O–H groups in total. The molecular weight excluding hydrogens is 478 g/mol. The first-order valence-corrected chi connectivity index (χ1v) is 15.0. The number of aromatic nitrogens is 1. The number of nitrogens with one attached hydrogen (secondary N) is 1. The Morgan fingerprint density at radius 1 is 1.08 bits per heavy atom. The third-order valence-corrected chi connectivity index (χ3v) is 8.98. The van der Waals surface area contributed by atoms with Gasteiger partial charge in [0.2, 0.25) is 0 Å². The largest absolute Gasteiger partial charge is 0.384 e. The fourth-order valence-electron chi connectivity index (χ4n) is 5.88. The molecule has 2 aliphatic rings. The highest BCUT2D eigenvalue weighted by Crippen LogP contribution is 2.32. The van der Waals surface area contributed by atoms with Crippen molar-refractivity contribution in [1.29, 1.82) is 0 Å². The summed E-state index contributed by atoms with van der Waals surface area (Å²) in [5.74, 6) is 0.0753. The van der Waals surface area contributed by atoms with Crippen LogP contribution in [0.3, 0.4) is 0 Å². The van der Waals surface area contributed by atoms with Crippen LogP contribution in [0.5, 0.6) is 0 Å². The molecule has 0 radical (unpaired) electrons. The van der Waals surface area contributed by atoms with Crippen LogP contribution in [0.4, 0.5) is 5.69 Å². The SMILES string of the molecule is CCN(CC)C(=O)c1cccc(-c2cc(NCCCN3CCC(N4CCCC4)CC3)c3sccc3n2)c1. The highest BCUT2D eigenvalue weighted by atomic mass is 32.1. The van der Waals surface area contributed by atoms with Crippen molar-refractivity contribution in [2.24, 2.45) is 0 Å². The summed E-state index contributed by atoms with van der Waals surface area (Å²) in [6.07, 6.45) is 6.56. The number of carbonyl (C=O) groups is 1. The van der Waals surface area contributed by atoms with Crippen LogP contribution in [0.2, 0.25) is 0 Å². The second-order valence-electron chi connectivity index (χ2n) is 10.3. The summed E-state index contributed by atoms with van der Waals surface area (Å²) in [5.41, 5.74) is 4.76. The predicted octanol–water partition coefficient (Wildman–Crippen LogP) is 5.81. The molecule has 2 saturated heterocycles. The number of likely N-dealkylation sites (tertiary alicyclic amines) is 2. The van der Waals surface area contributed by atoms with Gasteiger partial charge in [0.15, 0.2) is 0 Å². The van der Waals surface area contributed by atoms with Gasteiger partial charge in [-0.05, 0) is 108 Å². The fourth-order valence-corrected chi connectivity index (χ4v) is 6.71. The number of hydrogen-bond donors (Lipinski definition) is 1. The molecule has 0 aliphatic carbocycles. The zero-order chi connectivity index (χ0) is 25.6. The highest BCUT2D eigenvalue weighted by Gasteiger charge is 2.26. The van der Waals surface area contributed by atoms with Gasteiger partial charge in [0.1, 0.15) is 0 Å². The number of hydrogen-bond acceptors (Lipinski definition) is 6. The smallest absolute Gasteiger partial charge is 0.253 e. The molecule has 6 nitrogen and oxygen atoms in total. The van der Waals surface area contributed by atoms with Crippen molar-refractivity contribution in [3.63, 3.8) is 0 Å². The second kappa shape index (κ2) is 12.4. The van der Waals surface area contributed by atoms with Crippen LogP contribution < -0.4 is 5.32 Å². The van der Waals surface area contributed by atoms with E-state index in [0.717, 1.165) is 53.6 Å². The summed E-state index contributed by atoms with van der Waals surface area (Å²) in [4.78, 5) is 25.1. The number of anilines is 1. The normalized spacial score (nSPS) is 17.5. The number of nitrogens with zero attached hydrogens (tertiary/aromatic N) is 4. The van der Waals surface area contributed by atoms with Crippen LogP contribution in [0.1, 0.15) is 56.3 Å². The minimum atomic E-state index is 0.0753. The molecule has 5 rings (SSSR count). The molecule has 2 aromatic heterocycles. The zero-order valence-corrected chi connectivity index (χ0v) is 23.2. The van der Waals surface area contributed by atoms with Crippen molar-refractivity contribution in [2.45, 2.75) is 52.0 Å². The molecule has 198 valence electrons.